The highest BCUT2D eigenvalue weighted by Gasteiger charge is 2.18. The summed E-state index contributed by atoms with van der Waals surface area (Å²) in [6.07, 6.45) is 104. The Morgan fingerprint density at radius 1 is 0.300 bits per heavy atom. The minimum absolute atomic E-state index is 0.0144. The Bertz CT molecular complexity index is 1460. The number of unbranched alkanes of at least 4 members (excludes halogenated alkanes) is 63. The first-order valence-electron chi connectivity index (χ1n) is 41.3. The first kappa shape index (κ1) is 88.1. The molecule has 0 spiro atoms. The molecule has 0 aromatic carbocycles. The molecule has 0 aromatic heterocycles. The van der Waals surface area contributed by atoms with Crippen molar-refractivity contribution in [2.45, 2.75) is 475 Å². The van der Waals surface area contributed by atoms with Crippen molar-refractivity contribution in [3.05, 3.63) is 36.5 Å². The van der Waals surface area contributed by atoms with Gasteiger partial charge in [0.05, 0.1) is 25.4 Å². The van der Waals surface area contributed by atoms with Crippen molar-refractivity contribution < 1.29 is 24.5 Å². The molecule has 0 aromatic rings. The molecule has 1 amide bonds. The van der Waals surface area contributed by atoms with Crippen molar-refractivity contribution in [1.82, 2.24) is 5.32 Å². The second-order valence-corrected chi connectivity index (χ2v) is 28.4. The summed E-state index contributed by atoms with van der Waals surface area (Å²) in [5.74, 6) is -0.0447. The van der Waals surface area contributed by atoms with Crippen molar-refractivity contribution >= 4 is 11.9 Å². The van der Waals surface area contributed by atoms with Gasteiger partial charge in [-0.2, -0.15) is 0 Å². The zero-order chi connectivity index (χ0) is 64.9. The number of aliphatic hydroxyl groups excluding tert-OH is 2. The van der Waals surface area contributed by atoms with E-state index in [-0.39, 0.29) is 18.5 Å². The van der Waals surface area contributed by atoms with Crippen molar-refractivity contribution in [1.29, 1.82) is 0 Å². The van der Waals surface area contributed by atoms with Crippen LogP contribution in [0.2, 0.25) is 0 Å². The maximum atomic E-state index is 12.5. The molecule has 0 saturated heterocycles. The summed E-state index contributed by atoms with van der Waals surface area (Å²) in [6.45, 7) is 4.94. The van der Waals surface area contributed by atoms with Crippen molar-refractivity contribution in [3.63, 3.8) is 0 Å². The van der Waals surface area contributed by atoms with Crippen LogP contribution < -0.4 is 5.32 Å². The molecule has 6 nitrogen and oxygen atoms in total. The van der Waals surface area contributed by atoms with E-state index in [1.54, 1.807) is 6.08 Å². The molecule has 0 bridgehead atoms. The molecule has 2 unspecified atom stereocenters. The molecule has 0 saturated carbocycles. The first-order valence-corrected chi connectivity index (χ1v) is 41.3. The SMILES string of the molecule is CCCCCCC/C=C\CCCCCCCC(=O)OCCCCCCCCCCCCCCCCCCCC/C=C\CCCCCCCCCCCCCCCCCCCC(=O)NC(CO)C(O)/C=C/CCCCCCCCCCCCCCCCCCCC. The number of hydrogen-bond donors (Lipinski definition) is 3. The van der Waals surface area contributed by atoms with E-state index in [1.165, 1.54) is 392 Å². The smallest absolute Gasteiger partial charge is 0.305 e. The molecule has 0 rings (SSSR count). The Balaban J connectivity index is 3.34. The normalized spacial score (nSPS) is 12.6. The minimum Gasteiger partial charge on any atom is -0.466 e. The summed E-state index contributed by atoms with van der Waals surface area (Å²) in [5, 5.41) is 23.3. The lowest BCUT2D eigenvalue weighted by Crippen LogP contribution is -2.45. The third-order valence-corrected chi connectivity index (χ3v) is 19.4. The van der Waals surface area contributed by atoms with Crippen LogP contribution in [0, 0.1) is 0 Å². The average molecular weight is 1270 g/mol. The minimum atomic E-state index is -0.842. The lowest BCUT2D eigenvalue weighted by Gasteiger charge is -2.20. The van der Waals surface area contributed by atoms with Gasteiger partial charge in [0, 0.05) is 12.8 Å². The third-order valence-electron chi connectivity index (χ3n) is 19.4. The van der Waals surface area contributed by atoms with Crippen LogP contribution in [0.15, 0.2) is 36.5 Å². The highest BCUT2D eigenvalue weighted by atomic mass is 16.5. The fourth-order valence-corrected chi connectivity index (χ4v) is 13.1. The maximum Gasteiger partial charge on any atom is 0.305 e. The topological polar surface area (TPSA) is 95.9 Å². The molecule has 0 heterocycles. The number of rotatable bonds is 78. The highest BCUT2D eigenvalue weighted by Crippen LogP contribution is 2.20. The molecule has 0 aliphatic carbocycles. The number of ether oxygens (including phenoxy) is 1. The summed E-state index contributed by atoms with van der Waals surface area (Å²) >= 11 is 0. The second-order valence-electron chi connectivity index (χ2n) is 28.4. The van der Waals surface area contributed by atoms with Crippen LogP contribution in [0.3, 0.4) is 0 Å². The number of hydrogen-bond acceptors (Lipinski definition) is 5. The number of nitrogens with one attached hydrogen (secondary N) is 1. The van der Waals surface area contributed by atoms with Gasteiger partial charge >= 0.3 is 5.97 Å². The van der Waals surface area contributed by atoms with Crippen LogP contribution >= 0.6 is 0 Å². The molecule has 0 aliphatic heterocycles. The van der Waals surface area contributed by atoms with Gasteiger partial charge in [-0.25, -0.2) is 0 Å². The Kier molecular flexibility index (Phi) is 77.8. The molecule has 90 heavy (non-hydrogen) atoms. The highest BCUT2D eigenvalue weighted by molar-refractivity contribution is 5.76. The summed E-state index contributed by atoms with van der Waals surface area (Å²) in [6, 6.07) is -0.625. The van der Waals surface area contributed by atoms with E-state index in [0.717, 1.165) is 44.9 Å². The van der Waals surface area contributed by atoms with Gasteiger partial charge < -0.3 is 20.3 Å². The van der Waals surface area contributed by atoms with Gasteiger partial charge in [-0.1, -0.05) is 403 Å². The van der Waals surface area contributed by atoms with E-state index in [9.17, 15) is 19.8 Å². The van der Waals surface area contributed by atoms with Crippen LogP contribution in [0.5, 0.6) is 0 Å². The van der Waals surface area contributed by atoms with Crippen LogP contribution in [-0.4, -0.2) is 47.4 Å². The summed E-state index contributed by atoms with van der Waals surface area (Å²) in [5.41, 5.74) is 0. The van der Waals surface area contributed by atoms with Crippen LogP contribution in [-0.2, 0) is 14.3 Å². The number of esters is 1. The predicted octanol–water partition coefficient (Wildman–Crippen LogP) is 27.4. The zero-order valence-electron chi connectivity index (χ0n) is 61.1. The van der Waals surface area contributed by atoms with Crippen LogP contribution in [0.1, 0.15) is 463 Å². The average Bonchev–Trinajstić information content (AvgIpc) is 3.68. The molecular formula is C84H161NO5. The van der Waals surface area contributed by atoms with Gasteiger partial charge in [-0.15, -0.1) is 0 Å². The van der Waals surface area contributed by atoms with Crippen molar-refractivity contribution in [2.75, 3.05) is 13.2 Å². The van der Waals surface area contributed by atoms with Gasteiger partial charge in [0.2, 0.25) is 5.91 Å². The van der Waals surface area contributed by atoms with Crippen molar-refractivity contribution in [2.24, 2.45) is 0 Å². The van der Waals surface area contributed by atoms with E-state index in [0.29, 0.717) is 19.4 Å². The number of amides is 1. The monoisotopic (exact) mass is 1260 g/mol. The molecule has 0 fully saturated rings. The molecule has 0 aliphatic rings. The fourth-order valence-electron chi connectivity index (χ4n) is 13.1. The molecule has 3 N–H and O–H groups in total. The van der Waals surface area contributed by atoms with Crippen molar-refractivity contribution in [3.8, 4) is 0 Å². The molecule has 6 heteroatoms. The predicted molar refractivity (Wildman–Crippen MR) is 398 cm³/mol. The number of carbonyl (C=O) groups excluding carboxylic acids is 2. The largest absolute Gasteiger partial charge is 0.466 e. The maximum absolute atomic E-state index is 12.5. The molecule has 2 atom stereocenters. The first-order chi connectivity index (χ1) is 44.5. The van der Waals surface area contributed by atoms with E-state index in [2.05, 4.69) is 43.5 Å². The Hall–Kier alpha value is -1.92. The van der Waals surface area contributed by atoms with Gasteiger partial charge in [-0.3, -0.25) is 9.59 Å². The van der Waals surface area contributed by atoms with Crippen LogP contribution in [0.4, 0.5) is 0 Å². The molecule has 0 radical (unpaired) electrons. The summed E-state index contributed by atoms with van der Waals surface area (Å²) < 4.78 is 5.50. The lowest BCUT2D eigenvalue weighted by molar-refractivity contribution is -0.143. The second kappa shape index (κ2) is 79.5. The standard InChI is InChI=1S/C84H161NO5/c1-3-5-7-9-11-13-15-17-19-20-21-43-46-49-52-56-60-64-68-72-76-82(87)81(80-86)85-83(88)77-73-69-65-61-57-53-50-47-44-41-39-37-35-33-31-29-27-25-23-22-24-26-28-30-32-34-36-38-40-42-45-48-51-55-59-63-67-71-75-79-90-84(89)78-74-70-66-62-58-54-18-16-14-12-10-8-6-4-2/h16,18,22-23,72,76,81-82,86-87H,3-15,17,19-21,24-71,73-75,77-80H2,1-2H3,(H,85,88)/b18-16-,23-22-,76-72+. The quantitative estimate of drug-likeness (QED) is 0.0320. The number of allylic oxidation sites excluding steroid dienone is 5. The fraction of sp³-hybridized carbons (Fsp3) is 0.905. The lowest BCUT2D eigenvalue weighted by atomic mass is 10.0. The van der Waals surface area contributed by atoms with E-state index < -0.39 is 12.1 Å². The van der Waals surface area contributed by atoms with E-state index in [4.69, 9.17) is 4.74 Å². The van der Waals surface area contributed by atoms with E-state index in [1.807, 2.05) is 6.08 Å². The molecular weight excluding hydrogens is 1100 g/mol. The Labute approximate surface area is 564 Å². The van der Waals surface area contributed by atoms with Gasteiger partial charge in [0.15, 0.2) is 0 Å². The Morgan fingerprint density at radius 3 is 0.789 bits per heavy atom. The van der Waals surface area contributed by atoms with Gasteiger partial charge in [0.25, 0.3) is 0 Å². The third kappa shape index (κ3) is 75.1. The van der Waals surface area contributed by atoms with E-state index >= 15 is 0 Å². The number of aliphatic hydroxyl groups is 2. The summed E-state index contributed by atoms with van der Waals surface area (Å²) in [7, 11) is 0. The van der Waals surface area contributed by atoms with Gasteiger partial charge in [0.1, 0.15) is 0 Å². The summed E-state index contributed by atoms with van der Waals surface area (Å²) in [4.78, 5) is 24.6. The Morgan fingerprint density at radius 2 is 0.522 bits per heavy atom. The zero-order valence-corrected chi connectivity index (χ0v) is 61.1. The number of carbonyl (C=O) groups is 2. The molecule has 532 valence electrons. The van der Waals surface area contributed by atoms with Crippen LogP contribution in [0.25, 0.3) is 0 Å². The van der Waals surface area contributed by atoms with Gasteiger partial charge in [-0.05, 0) is 83.5 Å².